The quantitative estimate of drug-likeness (QED) is 0.483. The number of rotatable bonds is 8. The molecule has 2 N–H and O–H groups in total. The van der Waals surface area contributed by atoms with Gasteiger partial charge in [0, 0.05) is 25.2 Å². The zero-order valence-electron chi connectivity index (χ0n) is 15.8. The molecule has 0 atom stereocenters. The summed E-state index contributed by atoms with van der Waals surface area (Å²) in [5, 5.41) is 5.37. The molecule has 1 aromatic rings. The molecule has 154 valence electrons. The second-order valence-electron chi connectivity index (χ2n) is 6.36. The van der Waals surface area contributed by atoms with Crippen LogP contribution in [0.4, 0.5) is 5.69 Å². The van der Waals surface area contributed by atoms with Gasteiger partial charge in [-0.25, -0.2) is 8.42 Å². The number of hydrogen-bond acceptors (Lipinski definition) is 6. The molecule has 0 unspecified atom stereocenters. The molecule has 8 nitrogen and oxygen atoms in total. The lowest BCUT2D eigenvalue weighted by atomic mass is 10.3. The molecule has 1 aromatic carbocycles. The van der Waals surface area contributed by atoms with Gasteiger partial charge in [-0.2, -0.15) is 4.31 Å². The number of nitrogens with one attached hydrogen (secondary N) is 2. The number of thiocarbonyl (C=S) groups is 1. The summed E-state index contributed by atoms with van der Waals surface area (Å²) < 4.78 is 31.4. The fraction of sp³-hybridized carbons (Fsp3) is 0.500. The van der Waals surface area contributed by atoms with Gasteiger partial charge in [0.05, 0.1) is 17.9 Å². The fourth-order valence-corrected chi connectivity index (χ4v) is 4.39. The van der Waals surface area contributed by atoms with Crippen molar-refractivity contribution >= 4 is 44.9 Å². The van der Waals surface area contributed by atoms with Crippen LogP contribution >= 0.6 is 12.2 Å². The molecule has 0 aliphatic carbocycles. The van der Waals surface area contributed by atoms with Gasteiger partial charge in [0.2, 0.25) is 15.9 Å². The highest BCUT2D eigenvalue weighted by Gasteiger charge is 2.26. The minimum absolute atomic E-state index is 0.0164. The molecular weight excluding hydrogens is 402 g/mol. The zero-order chi connectivity index (χ0) is 20.6. The van der Waals surface area contributed by atoms with Crippen molar-refractivity contribution in [2.45, 2.75) is 43.9 Å². The van der Waals surface area contributed by atoms with Gasteiger partial charge in [-0.1, -0.05) is 6.92 Å². The molecule has 0 bridgehead atoms. The van der Waals surface area contributed by atoms with E-state index in [9.17, 15) is 18.0 Å². The lowest BCUT2D eigenvalue weighted by Crippen LogP contribution is -2.34. The average molecular weight is 428 g/mol. The highest BCUT2D eigenvalue weighted by atomic mass is 32.2. The number of esters is 1. The molecule has 0 saturated carbocycles. The van der Waals surface area contributed by atoms with Crippen molar-refractivity contribution in [3.8, 4) is 0 Å². The van der Waals surface area contributed by atoms with Crippen molar-refractivity contribution in [2.24, 2.45) is 0 Å². The van der Waals surface area contributed by atoms with Crippen LogP contribution in [0.15, 0.2) is 29.2 Å². The number of amides is 1. The lowest BCUT2D eigenvalue weighted by molar-refractivity contribution is -0.144. The second kappa shape index (κ2) is 10.5. The SMILES string of the molecule is CCCOC(=O)CCC(=O)NC(=S)Nc1ccc(S(=O)(=O)N2CCCC2)cc1. The summed E-state index contributed by atoms with van der Waals surface area (Å²) in [5.74, 6) is -0.829. The smallest absolute Gasteiger partial charge is 0.306 e. The van der Waals surface area contributed by atoms with Crippen LogP contribution in [-0.2, 0) is 24.3 Å². The van der Waals surface area contributed by atoms with Crippen LogP contribution in [0, 0.1) is 0 Å². The van der Waals surface area contributed by atoms with Gasteiger partial charge in [0.25, 0.3) is 0 Å². The maximum Gasteiger partial charge on any atom is 0.306 e. The van der Waals surface area contributed by atoms with Gasteiger partial charge in [0.1, 0.15) is 0 Å². The molecule has 10 heteroatoms. The van der Waals surface area contributed by atoms with E-state index in [-0.39, 0.29) is 22.8 Å². The number of ether oxygens (including phenoxy) is 1. The normalized spacial score (nSPS) is 14.5. The summed E-state index contributed by atoms with van der Waals surface area (Å²) in [7, 11) is -3.47. The van der Waals surface area contributed by atoms with Crippen LogP contribution < -0.4 is 10.6 Å². The van der Waals surface area contributed by atoms with Crippen LogP contribution in [0.3, 0.4) is 0 Å². The van der Waals surface area contributed by atoms with Crippen LogP contribution in [0.25, 0.3) is 0 Å². The number of hydrogen-bond donors (Lipinski definition) is 2. The molecule has 1 fully saturated rings. The van der Waals surface area contributed by atoms with Gasteiger partial charge in [-0.15, -0.1) is 0 Å². The van der Waals surface area contributed by atoms with Crippen molar-refractivity contribution in [1.82, 2.24) is 9.62 Å². The van der Waals surface area contributed by atoms with E-state index in [2.05, 4.69) is 10.6 Å². The Kier molecular flexibility index (Phi) is 8.34. The van der Waals surface area contributed by atoms with Crippen LogP contribution in [0.1, 0.15) is 39.0 Å². The lowest BCUT2D eigenvalue weighted by Gasteiger charge is -2.16. The molecule has 1 heterocycles. The van der Waals surface area contributed by atoms with E-state index in [1.54, 1.807) is 12.1 Å². The Balaban J connectivity index is 1.82. The van der Waals surface area contributed by atoms with E-state index >= 15 is 0 Å². The maximum absolute atomic E-state index is 12.5. The van der Waals surface area contributed by atoms with Gasteiger partial charge < -0.3 is 15.4 Å². The number of sulfonamides is 1. The number of benzene rings is 1. The van der Waals surface area contributed by atoms with E-state index in [0.29, 0.717) is 25.4 Å². The molecule has 1 aliphatic heterocycles. The maximum atomic E-state index is 12.5. The van der Waals surface area contributed by atoms with Crippen LogP contribution in [-0.4, -0.2) is 49.4 Å². The first kappa shape index (κ1) is 22.3. The van der Waals surface area contributed by atoms with Crippen molar-refractivity contribution in [3.05, 3.63) is 24.3 Å². The van der Waals surface area contributed by atoms with E-state index in [1.807, 2.05) is 6.92 Å². The second-order valence-corrected chi connectivity index (χ2v) is 8.70. The predicted octanol–water partition coefficient (Wildman–Crippen LogP) is 2.02. The summed E-state index contributed by atoms with van der Waals surface area (Å²) in [6, 6.07) is 6.18. The van der Waals surface area contributed by atoms with Gasteiger partial charge in [-0.3, -0.25) is 9.59 Å². The summed E-state index contributed by atoms with van der Waals surface area (Å²) in [6.07, 6.45) is 2.44. The summed E-state index contributed by atoms with van der Waals surface area (Å²) in [4.78, 5) is 23.4. The first-order valence-corrected chi connectivity index (χ1v) is 11.0. The zero-order valence-corrected chi connectivity index (χ0v) is 17.4. The molecule has 28 heavy (non-hydrogen) atoms. The Hall–Kier alpha value is -2.04. The highest BCUT2D eigenvalue weighted by molar-refractivity contribution is 7.89. The number of anilines is 1. The Labute approximate surface area is 170 Å². The molecule has 0 spiro atoms. The van der Waals surface area contributed by atoms with Gasteiger partial charge >= 0.3 is 5.97 Å². The molecule has 2 rings (SSSR count). The summed E-state index contributed by atoms with van der Waals surface area (Å²) >= 11 is 5.07. The van der Waals surface area contributed by atoms with Crippen molar-refractivity contribution in [2.75, 3.05) is 25.0 Å². The van der Waals surface area contributed by atoms with Gasteiger partial charge in [-0.05, 0) is 55.7 Å². The minimum Gasteiger partial charge on any atom is -0.466 e. The van der Waals surface area contributed by atoms with Crippen molar-refractivity contribution in [3.63, 3.8) is 0 Å². The molecular formula is C18H25N3O5S2. The summed E-state index contributed by atoms with van der Waals surface area (Å²) in [5.41, 5.74) is 0.549. The van der Waals surface area contributed by atoms with E-state index in [4.69, 9.17) is 17.0 Å². The molecule has 0 radical (unpaired) electrons. The minimum atomic E-state index is -3.47. The van der Waals surface area contributed by atoms with Crippen molar-refractivity contribution in [1.29, 1.82) is 0 Å². The third-order valence-electron chi connectivity index (χ3n) is 4.09. The highest BCUT2D eigenvalue weighted by Crippen LogP contribution is 2.22. The Morgan fingerprint density at radius 2 is 1.79 bits per heavy atom. The van der Waals surface area contributed by atoms with E-state index < -0.39 is 21.9 Å². The molecule has 0 aromatic heterocycles. The van der Waals surface area contributed by atoms with E-state index in [1.165, 1.54) is 16.4 Å². The Morgan fingerprint density at radius 1 is 1.14 bits per heavy atom. The Bertz CT molecular complexity index is 803. The fourth-order valence-electron chi connectivity index (χ4n) is 2.64. The molecule has 1 aliphatic rings. The topological polar surface area (TPSA) is 105 Å². The van der Waals surface area contributed by atoms with Crippen molar-refractivity contribution < 1.29 is 22.7 Å². The Morgan fingerprint density at radius 3 is 2.39 bits per heavy atom. The predicted molar refractivity (Wildman–Crippen MR) is 109 cm³/mol. The third kappa shape index (κ3) is 6.54. The van der Waals surface area contributed by atoms with E-state index in [0.717, 1.165) is 19.3 Å². The standard InChI is InChI=1S/C18H25N3O5S2/c1-2-13-26-17(23)10-9-16(22)20-18(27)19-14-5-7-15(8-6-14)28(24,25)21-11-3-4-12-21/h5-8H,2-4,9-13H2,1H3,(H2,19,20,22,27). The van der Waals surface area contributed by atoms with Crippen LogP contribution in [0.2, 0.25) is 0 Å². The first-order chi connectivity index (χ1) is 13.3. The van der Waals surface area contributed by atoms with Gasteiger partial charge in [0.15, 0.2) is 5.11 Å². The number of nitrogens with zero attached hydrogens (tertiary/aromatic N) is 1. The largest absolute Gasteiger partial charge is 0.466 e. The molecule has 1 saturated heterocycles. The van der Waals surface area contributed by atoms with Crippen LogP contribution in [0.5, 0.6) is 0 Å². The molecule has 1 amide bonds. The third-order valence-corrected chi connectivity index (χ3v) is 6.21. The monoisotopic (exact) mass is 427 g/mol. The average Bonchev–Trinajstić information content (AvgIpc) is 3.20. The number of carbonyl (C=O) groups excluding carboxylic acids is 2. The number of carbonyl (C=O) groups is 2. The first-order valence-electron chi connectivity index (χ1n) is 9.19. The summed E-state index contributed by atoms with van der Waals surface area (Å²) in [6.45, 7) is 3.32.